The first-order valence-corrected chi connectivity index (χ1v) is 18.1. The second-order valence-corrected chi connectivity index (χ2v) is 16.1. The van der Waals surface area contributed by atoms with Gasteiger partial charge in [0.05, 0.1) is 25.2 Å². The Morgan fingerprint density at radius 3 is 2.30 bits per heavy atom. The Hall–Kier alpha value is -3.97. The quantitative estimate of drug-likeness (QED) is 0.122. The van der Waals surface area contributed by atoms with Gasteiger partial charge in [0.2, 0.25) is 23.5 Å². The van der Waals surface area contributed by atoms with Gasteiger partial charge in [-0.3, -0.25) is 28.9 Å². The summed E-state index contributed by atoms with van der Waals surface area (Å²) in [5.74, 6) is -2.96. The average Bonchev–Trinajstić information content (AvgIpc) is 3.34. The number of likely N-dealkylation sites (N-methyl/N-ethyl adjacent to an activating group) is 1. The van der Waals surface area contributed by atoms with Crippen LogP contribution in [0.4, 0.5) is 9.59 Å². The van der Waals surface area contributed by atoms with E-state index in [1.165, 1.54) is 11.0 Å². The maximum Gasteiger partial charge on any atom is 0.324 e. The van der Waals surface area contributed by atoms with Crippen molar-refractivity contribution in [3.63, 3.8) is 0 Å². The largest absolute Gasteiger partial charge is 0.346 e. The summed E-state index contributed by atoms with van der Waals surface area (Å²) in [5, 5.41) is 10.9. The lowest BCUT2D eigenvalue weighted by molar-refractivity contribution is -0.144. The zero-order valence-electron chi connectivity index (χ0n) is 30.8. The molecule has 2 heterocycles. The van der Waals surface area contributed by atoms with Crippen molar-refractivity contribution >= 4 is 41.5 Å². The molecule has 6 atom stereocenters. The Bertz CT molecular complexity index is 1350. The lowest BCUT2D eigenvalue weighted by Gasteiger charge is -2.41. The minimum Gasteiger partial charge on any atom is -0.346 e. The van der Waals surface area contributed by atoms with Gasteiger partial charge >= 0.3 is 12.1 Å². The molecule has 50 heavy (non-hydrogen) atoms. The summed E-state index contributed by atoms with van der Waals surface area (Å²) in [6, 6.07) is -4.39. The van der Waals surface area contributed by atoms with Gasteiger partial charge in [-0.2, -0.15) is 0 Å². The van der Waals surface area contributed by atoms with Gasteiger partial charge in [0.1, 0.15) is 12.1 Å². The number of amides is 8. The van der Waals surface area contributed by atoms with Crippen molar-refractivity contribution in [3.8, 4) is 0 Å². The summed E-state index contributed by atoms with van der Waals surface area (Å²) in [4.78, 5) is 97.4. The first-order chi connectivity index (χ1) is 23.4. The molecule has 2 aliphatic carbocycles. The number of nitrogens with zero attached hydrogens (tertiary/aromatic N) is 3. The van der Waals surface area contributed by atoms with E-state index < -0.39 is 59.2 Å². The van der Waals surface area contributed by atoms with E-state index in [-0.39, 0.29) is 61.0 Å². The molecule has 4 N–H and O–H groups in total. The van der Waals surface area contributed by atoms with Gasteiger partial charge < -0.3 is 31.1 Å². The van der Waals surface area contributed by atoms with Crippen LogP contribution in [0, 0.1) is 28.6 Å². The molecule has 0 radical (unpaired) electrons. The van der Waals surface area contributed by atoms with Crippen LogP contribution >= 0.6 is 0 Å². The van der Waals surface area contributed by atoms with Crippen LogP contribution < -0.4 is 21.3 Å². The SMILES string of the molecule is C=CCNC(=O)C(=O)C(CCC)NC(=O)[C@@H]1[C@@H]2[C@H](CN1C(=O)[C@@H](NC(=O)N(C)[C@H](CN1C(=O)CNC1=O)C(C)(C)C)C1CCCCC1)C2(C)C. The summed E-state index contributed by atoms with van der Waals surface area (Å²) in [7, 11) is 1.60. The van der Waals surface area contributed by atoms with Gasteiger partial charge in [0.25, 0.3) is 5.91 Å². The molecule has 4 rings (SSSR count). The summed E-state index contributed by atoms with van der Waals surface area (Å²) in [6.45, 7) is 15.7. The standard InChI is InChI=1S/C36H57N7O7/c1-9-14-23(29(45)31(47)37-17-10-2)39-30(46)28-26-22(36(26,6)7)19-43(28)32(48)27(21-15-12-11-13-16-21)40-34(50)41(8)24(35(3,4)5)20-42-25(44)18-38-33(42)49/h10,21-24,26-28H,2,9,11-20H2,1,3-8H3,(H,37,47)(H,38,49)(H,39,46)(H,40,50)/t22-,23?,24+,26-,27-,28-/m0/s1. The van der Waals surface area contributed by atoms with Crippen molar-refractivity contribution in [2.24, 2.45) is 28.6 Å². The van der Waals surface area contributed by atoms with E-state index in [2.05, 4.69) is 41.7 Å². The lowest BCUT2D eigenvalue weighted by Crippen LogP contribution is -2.62. The summed E-state index contributed by atoms with van der Waals surface area (Å²) in [5.41, 5.74) is -0.729. The number of piperidine rings is 1. The topological polar surface area (TPSA) is 177 Å². The number of hydrogen-bond acceptors (Lipinski definition) is 7. The minimum absolute atomic E-state index is 0.00377. The number of rotatable bonds is 14. The number of imide groups is 1. The van der Waals surface area contributed by atoms with Crippen LogP contribution in [0.2, 0.25) is 0 Å². The molecule has 8 amide bonds. The molecule has 14 heteroatoms. The van der Waals surface area contributed by atoms with Gasteiger partial charge in [-0.15, -0.1) is 6.58 Å². The average molecular weight is 700 g/mol. The van der Waals surface area contributed by atoms with Crippen LogP contribution in [0.25, 0.3) is 0 Å². The Kier molecular flexibility index (Phi) is 12.0. The van der Waals surface area contributed by atoms with Gasteiger partial charge in [0.15, 0.2) is 0 Å². The molecule has 0 aromatic rings. The highest BCUT2D eigenvalue weighted by atomic mass is 16.2. The normalized spacial score (nSPS) is 24.7. The summed E-state index contributed by atoms with van der Waals surface area (Å²) >= 11 is 0. The number of ketones is 1. The van der Waals surface area contributed by atoms with Crippen molar-refractivity contribution in [1.29, 1.82) is 0 Å². The minimum atomic E-state index is -1.04. The molecule has 2 saturated heterocycles. The molecule has 4 aliphatic rings. The number of likely N-dealkylation sites (tertiary alicyclic amines) is 1. The number of Topliss-reactive ketones (excluding diaryl/α,β-unsaturated/α-hetero) is 1. The molecule has 0 aromatic heterocycles. The third-order valence-corrected chi connectivity index (χ3v) is 11.3. The number of hydrogen-bond donors (Lipinski definition) is 4. The highest BCUT2D eigenvalue weighted by molar-refractivity contribution is 6.38. The van der Waals surface area contributed by atoms with Crippen molar-refractivity contribution in [3.05, 3.63) is 12.7 Å². The van der Waals surface area contributed by atoms with Gasteiger partial charge in [-0.25, -0.2) is 9.59 Å². The fourth-order valence-corrected chi connectivity index (χ4v) is 8.23. The van der Waals surface area contributed by atoms with Gasteiger partial charge in [0, 0.05) is 20.1 Å². The van der Waals surface area contributed by atoms with Crippen molar-refractivity contribution in [1.82, 2.24) is 36.0 Å². The number of carbonyl (C=O) groups is 7. The summed E-state index contributed by atoms with van der Waals surface area (Å²) in [6.07, 6.45) is 6.60. The third kappa shape index (κ3) is 8.15. The predicted octanol–water partition coefficient (Wildman–Crippen LogP) is 2.18. The van der Waals surface area contributed by atoms with Crippen LogP contribution in [-0.2, 0) is 24.0 Å². The van der Waals surface area contributed by atoms with E-state index in [1.54, 1.807) is 11.9 Å². The molecule has 0 spiro atoms. The van der Waals surface area contributed by atoms with Gasteiger partial charge in [-0.1, -0.05) is 73.3 Å². The Morgan fingerprint density at radius 1 is 1.08 bits per heavy atom. The van der Waals surface area contributed by atoms with E-state index in [0.717, 1.165) is 37.0 Å². The van der Waals surface area contributed by atoms with Crippen LogP contribution in [0.1, 0.15) is 86.5 Å². The third-order valence-electron chi connectivity index (χ3n) is 11.3. The van der Waals surface area contributed by atoms with Crippen LogP contribution in [0.15, 0.2) is 12.7 Å². The Morgan fingerprint density at radius 2 is 1.74 bits per heavy atom. The fourth-order valence-electron chi connectivity index (χ4n) is 8.23. The predicted molar refractivity (Wildman–Crippen MR) is 186 cm³/mol. The van der Waals surface area contributed by atoms with E-state index in [9.17, 15) is 33.6 Å². The lowest BCUT2D eigenvalue weighted by atomic mass is 9.82. The number of urea groups is 2. The molecule has 278 valence electrons. The second-order valence-electron chi connectivity index (χ2n) is 16.1. The molecule has 0 bridgehead atoms. The Balaban J connectivity index is 1.58. The van der Waals surface area contributed by atoms with E-state index in [0.29, 0.717) is 13.0 Å². The first kappa shape index (κ1) is 38.8. The van der Waals surface area contributed by atoms with Crippen LogP contribution in [-0.4, -0.2) is 114 Å². The molecular weight excluding hydrogens is 642 g/mol. The molecular formula is C36H57N7O7. The maximum atomic E-state index is 14.7. The molecule has 0 aromatic carbocycles. The van der Waals surface area contributed by atoms with E-state index in [1.807, 2.05) is 27.7 Å². The molecule has 14 nitrogen and oxygen atoms in total. The number of fused-ring (bicyclic) bond motifs is 1. The monoisotopic (exact) mass is 699 g/mol. The van der Waals surface area contributed by atoms with E-state index in [4.69, 9.17) is 0 Å². The van der Waals surface area contributed by atoms with Crippen molar-refractivity contribution in [2.75, 3.05) is 33.2 Å². The van der Waals surface area contributed by atoms with Crippen molar-refractivity contribution in [2.45, 2.75) is 111 Å². The number of carbonyl (C=O) groups excluding carboxylic acids is 7. The van der Waals surface area contributed by atoms with Gasteiger partial charge in [-0.05, 0) is 47.8 Å². The van der Waals surface area contributed by atoms with E-state index >= 15 is 0 Å². The fraction of sp³-hybridized carbons (Fsp3) is 0.750. The Labute approximate surface area is 295 Å². The molecule has 1 unspecified atom stereocenters. The summed E-state index contributed by atoms with van der Waals surface area (Å²) < 4.78 is 0. The molecule has 2 aliphatic heterocycles. The maximum absolute atomic E-state index is 14.7. The molecule has 4 fully saturated rings. The zero-order chi connectivity index (χ0) is 37.1. The van der Waals surface area contributed by atoms with Crippen LogP contribution in [0.3, 0.4) is 0 Å². The molecule has 2 saturated carbocycles. The number of nitrogens with one attached hydrogen (secondary N) is 4. The highest BCUT2D eigenvalue weighted by Crippen LogP contribution is 2.65. The second kappa shape index (κ2) is 15.5. The van der Waals surface area contributed by atoms with Crippen LogP contribution in [0.5, 0.6) is 0 Å². The highest BCUT2D eigenvalue weighted by Gasteiger charge is 2.69. The van der Waals surface area contributed by atoms with Crippen molar-refractivity contribution < 1.29 is 33.6 Å². The first-order valence-electron chi connectivity index (χ1n) is 18.1. The smallest absolute Gasteiger partial charge is 0.324 e. The zero-order valence-corrected chi connectivity index (χ0v) is 30.8.